The quantitative estimate of drug-likeness (QED) is 0.187. The average Bonchev–Trinajstić information content (AvgIpc) is 2.83. The van der Waals surface area contributed by atoms with Crippen LogP contribution in [0.1, 0.15) is 104 Å². The summed E-state index contributed by atoms with van der Waals surface area (Å²) in [5.41, 5.74) is -4.55. The fourth-order valence-corrected chi connectivity index (χ4v) is 6.70. The summed E-state index contributed by atoms with van der Waals surface area (Å²) >= 11 is 0. The molecule has 5 heteroatoms. The molecule has 3 atom stereocenters. The fraction of sp³-hybridized carbons (Fsp3) is 0.636. The summed E-state index contributed by atoms with van der Waals surface area (Å²) in [5.74, 6) is -2.52. The Morgan fingerprint density at radius 1 is 0.842 bits per heavy atom. The van der Waals surface area contributed by atoms with Crippen molar-refractivity contribution in [3.63, 3.8) is 0 Å². The van der Waals surface area contributed by atoms with Crippen molar-refractivity contribution in [3.8, 4) is 0 Å². The lowest BCUT2D eigenvalue weighted by Crippen LogP contribution is -2.71. The molecule has 0 radical (unpaired) electrons. The van der Waals surface area contributed by atoms with Crippen LogP contribution in [-0.2, 0) is 14.4 Å². The Bertz CT molecular complexity index is 1120. The van der Waals surface area contributed by atoms with E-state index in [0.717, 1.165) is 6.42 Å². The van der Waals surface area contributed by atoms with E-state index in [1.165, 1.54) is 0 Å². The molecular formula is C33H46O5. The smallest absolute Gasteiger partial charge is 0.200 e. The molecule has 0 amide bonds. The van der Waals surface area contributed by atoms with Crippen molar-refractivity contribution in [2.75, 3.05) is 0 Å². The van der Waals surface area contributed by atoms with Gasteiger partial charge in [0.25, 0.3) is 0 Å². The van der Waals surface area contributed by atoms with Gasteiger partial charge in [-0.1, -0.05) is 92.1 Å². The normalized spacial score (nSPS) is 27.1. The largest absolute Gasteiger partial charge is 0.510 e. The zero-order valence-corrected chi connectivity index (χ0v) is 24.5. The Labute approximate surface area is 228 Å². The molecule has 1 saturated carbocycles. The highest BCUT2D eigenvalue weighted by molar-refractivity contribution is 6.38. The maximum absolute atomic E-state index is 14.8. The predicted molar refractivity (Wildman–Crippen MR) is 150 cm³/mol. The molecule has 0 aliphatic heterocycles. The van der Waals surface area contributed by atoms with Gasteiger partial charge in [-0.3, -0.25) is 19.2 Å². The van der Waals surface area contributed by atoms with Gasteiger partial charge < -0.3 is 5.11 Å². The molecule has 0 aromatic heterocycles. The molecule has 2 bridgehead atoms. The highest BCUT2D eigenvalue weighted by Crippen LogP contribution is 2.65. The summed E-state index contributed by atoms with van der Waals surface area (Å²) in [5, 5.41) is 11.8. The number of carbonyl (C=O) groups is 4. The second kappa shape index (κ2) is 10.9. The lowest BCUT2D eigenvalue weighted by Gasteiger charge is -2.59. The molecule has 2 aliphatic carbocycles. The number of aliphatic hydroxyl groups is 1. The average molecular weight is 523 g/mol. The van der Waals surface area contributed by atoms with Crippen LogP contribution in [0.4, 0.5) is 0 Å². The van der Waals surface area contributed by atoms with Crippen molar-refractivity contribution in [1.29, 1.82) is 0 Å². The molecule has 0 spiro atoms. The third-order valence-corrected chi connectivity index (χ3v) is 9.23. The van der Waals surface area contributed by atoms with Gasteiger partial charge in [-0.2, -0.15) is 0 Å². The molecule has 2 aliphatic rings. The molecule has 1 aromatic rings. The zero-order chi connectivity index (χ0) is 28.6. The minimum atomic E-state index is -1.87. The zero-order valence-electron chi connectivity index (χ0n) is 24.5. The molecule has 0 saturated heterocycles. The number of fused-ring (bicyclic) bond motifs is 2. The number of ketones is 4. The van der Waals surface area contributed by atoms with Crippen LogP contribution >= 0.6 is 0 Å². The fourth-order valence-electron chi connectivity index (χ4n) is 6.70. The Kier molecular flexibility index (Phi) is 8.60. The minimum absolute atomic E-state index is 0.102. The minimum Gasteiger partial charge on any atom is -0.510 e. The van der Waals surface area contributed by atoms with E-state index < -0.39 is 45.3 Å². The summed E-state index contributed by atoms with van der Waals surface area (Å²) in [7, 11) is 0. The van der Waals surface area contributed by atoms with Crippen LogP contribution in [0, 0.1) is 39.9 Å². The summed E-state index contributed by atoms with van der Waals surface area (Å²) in [6.07, 6.45) is 2.77. The van der Waals surface area contributed by atoms with E-state index in [1.54, 1.807) is 30.3 Å². The first-order valence-electron chi connectivity index (χ1n) is 14.3. The summed E-state index contributed by atoms with van der Waals surface area (Å²) in [6, 6.07) is 8.37. The van der Waals surface area contributed by atoms with Crippen LogP contribution in [-0.4, -0.2) is 28.2 Å². The van der Waals surface area contributed by atoms with Crippen LogP contribution in [0.5, 0.6) is 0 Å². The maximum atomic E-state index is 14.8. The van der Waals surface area contributed by atoms with Crippen molar-refractivity contribution in [1.82, 2.24) is 0 Å². The van der Waals surface area contributed by atoms with Crippen LogP contribution in [0.2, 0.25) is 0 Å². The monoisotopic (exact) mass is 522 g/mol. The first kappa shape index (κ1) is 30.0. The van der Waals surface area contributed by atoms with Gasteiger partial charge in [0.1, 0.15) is 16.7 Å². The number of hydrogen-bond donors (Lipinski definition) is 1. The van der Waals surface area contributed by atoms with Crippen molar-refractivity contribution < 1.29 is 24.3 Å². The van der Waals surface area contributed by atoms with Crippen molar-refractivity contribution >= 4 is 23.1 Å². The topological polar surface area (TPSA) is 88.5 Å². The van der Waals surface area contributed by atoms with Gasteiger partial charge in [-0.25, -0.2) is 0 Å². The van der Waals surface area contributed by atoms with Gasteiger partial charge in [-0.05, 0) is 55.3 Å². The van der Waals surface area contributed by atoms with E-state index in [-0.39, 0.29) is 41.6 Å². The molecule has 38 heavy (non-hydrogen) atoms. The van der Waals surface area contributed by atoms with Gasteiger partial charge in [0.2, 0.25) is 0 Å². The Hall–Kier alpha value is -2.56. The lowest BCUT2D eigenvalue weighted by molar-refractivity contribution is -0.178. The molecule has 1 N–H and O–H groups in total. The van der Waals surface area contributed by atoms with Crippen molar-refractivity contribution in [2.24, 2.45) is 39.9 Å². The van der Waals surface area contributed by atoms with Gasteiger partial charge in [-0.15, -0.1) is 0 Å². The molecule has 1 aromatic carbocycles. The third kappa shape index (κ3) is 4.60. The number of allylic oxidation sites excluding steroid dienone is 2. The lowest BCUT2D eigenvalue weighted by atomic mass is 9.39. The van der Waals surface area contributed by atoms with E-state index in [2.05, 4.69) is 13.8 Å². The Morgan fingerprint density at radius 3 is 1.89 bits per heavy atom. The molecule has 3 unspecified atom stereocenters. The predicted octanol–water partition coefficient (Wildman–Crippen LogP) is 7.34. The summed E-state index contributed by atoms with van der Waals surface area (Å²) in [6.45, 7) is 16.0. The van der Waals surface area contributed by atoms with Crippen LogP contribution in [0.3, 0.4) is 0 Å². The number of carbonyl (C=O) groups excluding carboxylic acids is 4. The second-order valence-corrected chi connectivity index (χ2v) is 13.4. The van der Waals surface area contributed by atoms with Gasteiger partial charge in [0.15, 0.2) is 23.1 Å². The number of hydrogen-bond acceptors (Lipinski definition) is 5. The number of aliphatic hydroxyl groups excluding tert-OH is 1. The van der Waals surface area contributed by atoms with Crippen LogP contribution < -0.4 is 0 Å². The Balaban J connectivity index is 2.40. The first-order chi connectivity index (χ1) is 17.7. The number of benzene rings is 1. The molecule has 3 rings (SSSR count). The standard InChI is InChI=1S/C33H46O5/c1-20(2)14-15-24-27(35)32(18-16-21(3)4)28(36)25(26(34)23-12-10-9-11-13-23)29(37)33(30(32)38,31(24,7)8)19-17-22(5)6/h9-13,20-22,24,36H,14-19H2,1-8H3. The number of rotatable bonds is 11. The van der Waals surface area contributed by atoms with Gasteiger partial charge >= 0.3 is 0 Å². The summed E-state index contributed by atoms with van der Waals surface area (Å²) < 4.78 is 0. The van der Waals surface area contributed by atoms with Crippen LogP contribution in [0.15, 0.2) is 41.7 Å². The summed E-state index contributed by atoms with van der Waals surface area (Å²) in [4.78, 5) is 57.8. The van der Waals surface area contributed by atoms with Gasteiger partial charge in [0, 0.05) is 11.5 Å². The van der Waals surface area contributed by atoms with Crippen LogP contribution in [0.25, 0.3) is 0 Å². The molecular weight excluding hydrogens is 476 g/mol. The van der Waals surface area contributed by atoms with Gasteiger partial charge in [0.05, 0.1) is 5.41 Å². The SMILES string of the molecule is CC(C)CCC1C(=O)C2(CCC(C)C)C(=O)C(CCC(C)C)(C(=O)C(C(=O)c3ccccc3)=C2O)C1(C)C. The van der Waals surface area contributed by atoms with E-state index in [0.29, 0.717) is 25.2 Å². The van der Waals surface area contributed by atoms with E-state index >= 15 is 0 Å². The molecule has 1 fully saturated rings. The maximum Gasteiger partial charge on any atom is 0.200 e. The van der Waals surface area contributed by atoms with Crippen molar-refractivity contribution in [3.05, 3.63) is 47.2 Å². The first-order valence-corrected chi connectivity index (χ1v) is 14.3. The van der Waals surface area contributed by atoms with E-state index in [1.807, 2.05) is 41.5 Å². The molecule has 5 nitrogen and oxygen atoms in total. The van der Waals surface area contributed by atoms with E-state index in [4.69, 9.17) is 0 Å². The molecule has 208 valence electrons. The third-order valence-electron chi connectivity index (χ3n) is 9.23. The Morgan fingerprint density at radius 2 is 1.37 bits per heavy atom. The van der Waals surface area contributed by atoms with Crippen molar-refractivity contribution in [2.45, 2.75) is 93.9 Å². The second-order valence-electron chi connectivity index (χ2n) is 13.4. The highest BCUT2D eigenvalue weighted by Gasteiger charge is 2.75. The molecule has 0 heterocycles. The number of Topliss-reactive ketones (excluding diaryl/α,β-unsaturated/α-hetero) is 4. The van der Waals surface area contributed by atoms with E-state index in [9.17, 15) is 24.3 Å². The highest BCUT2D eigenvalue weighted by atomic mass is 16.3.